The van der Waals surface area contributed by atoms with Crippen LogP contribution >= 0.6 is 109 Å². The number of halogens is 13. The minimum atomic E-state index is -1.59. The number of hydrogen-bond donors (Lipinski definition) is 4. The van der Waals surface area contributed by atoms with Gasteiger partial charge in [-0.15, -0.1) is 0 Å². The van der Waals surface area contributed by atoms with E-state index in [1.54, 1.807) is 133 Å². The van der Waals surface area contributed by atoms with Gasteiger partial charge in [0.05, 0.1) is 145 Å². The van der Waals surface area contributed by atoms with Crippen LogP contribution in [-0.2, 0) is 38.6 Å². The van der Waals surface area contributed by atoms with Crippen LogP contribution in [0, 0.1) is 46.5 Å². The summed E-state index contributed by atoms with van der Waals surface area (Å²) in [6.45, 7) is 16.2. The summed E-state index contributed by atoms with van der Waals surface area (Å²) in [6, 6.07) is 31.0. The summed E-state index contributed by atoms with van der Waals surface area (Å²) in [5.41, 5.74) is 17.5. The largest absolute Gasteiger partial charge is 1.00 e. The number of esters is 3. The van der Waals surface area contributed by atoms with Crippen molar-refractivity contribution in [1.82, 2.24) is 63.1 Å². The van der Waals surface area contributed by atoms with E-state index in [-0.39, 0.29) is 141 Å². The van der Waals surface area contributed by atoms with Crippen LogP contribution in [0.5, 0.6) is 0 Å². The molecule has 6 N–H and O–H groups in total. The molecule has 8 aromatic heterocycles. The third kappa shape index (κ3) is 24.3. The van der Waals surface area contributed by atoms with Crippen molar-refractivity contribution in [2.24, 2.45) is 11.5 Å². The maximum absolute atomic E-state index is 15.5. The van der Waals surface area contributed by atoms with E-state index in [2.05, 4.69) is 53.7 Å². The third-order valence-electron chi connectivity index (χ3n) is 23.6. The number of benzene rings is 8. The number of ether oxygens (including phenoxy) is 4. The number of carbonyl (C=O) groups excluding carboxylic acids is 5. The number of amides is 1. The van der Waals surface area contributed by atoms with E-state index in [0.29, 0.717) is 92.8 Å². The van der Waals surface area contributed by atoms with Crippen LogP contribution in [0.3, 0.4) is 0 Å². The number of nitrogens with two attached hydrogens (primary N) is 2. The molecule has 147 heavy (non-hydrogen) atoms. The normalized spacial score (nSPS) is 13.3. The monoisotopic (exact) mass is 2240 g/mol. The van der Waals surface area contributed by atoms with Crippen molar-refractivity contribution < 1.29 is 113 Å². The maximum atomic E-state index is 15.5. The number of aryl methyl sites for hydroxylation is 1. The van der Waals surface area contributed by atoms with E-state index in [1.165, 1.54) is 89.9 Å². The molecule has 20 rings (SSSR count). The number of fused-ring (bicyclic) bond motifs is 4. The van der Waals surface area contributed by atoms with Crippen molar-refractivity contribution in [2.45, 2.75) is 194 Å². The predicted molar refractivity (Wildman–Crippen MR) is 551 cm³/mol. The van der Waals surface area contributed by atoms with Crippen molar-refractivity contribution in [1.29, 1.82) is 0 Å². The van der Waals surface area contributed by atoms with Crippen LogP contribution in [0.1, 0.15) is 194 Å². The Morgan fingerprint density at radius 3 is 0.986 bits per heavy atom. The van der Waals surface area contributed by atoms with Gasteiger partial charge in [-0.05, 0) is 190 Å². The molecule has 764 valence electrons. The Kier molecular flexibility index (Phi) is 36.5. The first-order chi connectivity index (χ1) is 70.2. The minimum Gasteiger partial charge on any atom is -0.545 e. The summed E-state index contributed by atoms with van der Waals surface area (Å²) in [4.78, 5) is 62.6. The predicted octanol–water partition coefficient (Wildman–Crippen LogP) is 22.8. The average molecular weight is 2240 g/mol. The Bertz CT molecular complexity index is 7420. The molecule has 8 heterocycles. The van der Waals surface area contributed by atoms with Crippen molar-refractivity contribution in [2.75, 3.05) is 44.8 Å². The molecule has 0 bridgehead atoms. The summed E-state index contributed by atoms with van der Waals surface area (Å²) in [7, 11) is 0. The first kappa shape index (κ1) is 110. The molecule has 4 aliphatic carbocycles. The molecule has 25 nitrogen and oxygen atoms in total. The third-order valence-corrected chi connectivity index (χ3v) is 29.9. The van der Waals surface area contributed by atoms with Crippen molar-refractivity contribution >= 4 is 183 Å². The Hall–Kier alpha value is -10.7. The molecule has 8 aromatic carbocycles. The van der Waals surface area contributed by atoms with Crippen LogP contribution in [0.15, 0.2) is 210 Å². The summed E-state index contributed by atoms with van der Waals surface area (Å²) >= 11 is 32.4. The van der Waals surface area contributed by atoms with E-state index >= 15 is 30.7 Å². The number of nitrogens with one attached hydrogen (secondary N) is 2. The number of rotatable bonds is 31. The molecule has 0 atom stereocenters. The molecule has 4 aliphatic rings. The molecular formula is C104H97BrCl4F8N15NaO10S4. The molecule has 16 aromatic rings. The van der Waals surface area contributed by atoms with Gasteiger partial charge in [0.2, 0.25) is 0 Å². The van der Waals surface area contributed by atoms with E-state index in [0.717, 1.165) is 131 Å². The van der Waals surface area contributed by atoms with Crippen molar-refractivity contribution in [3.05, 3.63) is 283 Å². The first-order valence-corrected chi connectivity index (χ1v) is 52.8. The van der Waals surface area contributed by atoms with Gasteiger partial charge in [0.1, 0.15) is 11.4 Å². The van der Waals surface area contributed by atoms with Crippen LogP contribution in [0.4, 0.5) is 39.9 Å². The van der Waals surface area contributed by atoms with Gasteiger partial charge >= 0.3 is 53.6 Å². The second-order valence-corrected chi connectivity index (χ2v) is 41.8. The fourth-order valence-corrected chi connectivity index (χ4v) is 22.4. The Balaban J connectivity index is 0.000000142. The molecule has 0 aliphatic heterocycles. The van der Waals surface area contributed by atoms with Crippen molar-refractivity contribution in [3.63, 3.8) is 0 Å². The van der Waals surface area contributed by atoms with E-state index < -0.39 is 81.6 Å². The Labute approximate surface area is 906 Å². The number of hydrogen-bond acceptors (Lipinski definition) is 20. The fourth-order valence-electron chi connectivity index (χ4n) is 16.8. The zero-order chi connectivity index (χ0) is 104. The summed E-state index contributed by atoms with van der Waals surface area (Å²) in [5, 5.41) is 37.0. The van der Waals surface area contributed by atoms with E-state index in [1.807, 2.05) is 51.5 Å². The number of H-pyrrole nitrogens is 1. The van der Waals surface area contributed by atoms with Crippen LogP contribution < -0.4 is 51.4 Å². The molecule has 0 unspecified atom stereocenters. The number of carboxylic acid groups (broad SMARTS) is 1. The van der Waals surface area contributed by atoms with Gasteiger partial charge in [-0.1, -0.05) is 147 Å². The van der Waals surface area contributed by atoms with Crippen LogP contribution in [0.25, 0.3) is 66.4 Å². The van der Waals surface area contributed by atoms with E-state index in [4.69, 9.17) is 76.8 Å². The summed E-state index contributed by atoms with van der Waals surface area (Å²) < 4.78 is 155. The van der Waals surface area contributed by atoms with Gasteiger partial charge in [0, 0.05) is 169 Å². The Morgan fingerprint density at radius 2 is 0.728 bits per heavy atom. The zero-order valence-electron chi connectivity index (χ0n) is 80.6. The number of carbonyl (C=O) groups is 5. The average Bonchev–Trinajstić information content (AvgIpc) is 1.58. The molecule has 43 heteroatoms. The quantitative estimate of drug-likeness (QED) is 0.0103. The van der Waals surface area contributed by atoms with E-state index in [9.17, 15) is 33.5 Å². The number of aromatic amines is 1. The minimum absolute atomic E-state index is 0. The fraction of sp³-hybridized carbons (Fsp3) is 0.298. The second kappa shape index (κ2) is 48.5. The molecule has 0 radical (unpaired) electrons. The smallest absolute Gasteiger partial charge is 0.545 e. The van der Waals surface area contributed by atoms with Gasteiger partial charge in [-0.2, -0.15) is 20.4 Å². The van der Waals surface area contributed by atoms with Gasteiger partial charge in [-0.25, -0.2) is 54.3 Å². The summed E-state index contributed by atoms with van der Waals surface area (Å²) in [6.07, 6.45) is 21.8. The number of carboxylic acids is 1. The second-order valence-electron chi connectivity index (χ2n) is 35.2. The van der Waals surface area contributed by atoms with Crippen LogP contribution in [0.2, 0.25) is 20.1 Å². The molecule has 4 saturated carbocycles. The molecule has 4 fully saturated rings. The van der Waals surface area contributed by atoms with Gasteiger partial charge in [0.15, 0.2) is 40.7 Å². The SMILES string of the molecule is CC(C)(C)OC(=O)NCCBr.CCCn1cc(-n2c(C3CC3)c(Sc3cccc(C(=O)OCC)c3F)c3ccc(Cl)c(F)c32)cn1.CCOC(=O)c1cccc(Sc2c(C3CC3)n(-c3cn[nH]c3)c3c(F)c(Cl)ccc23)c1F.CCOC(=O)c1cccc(Sc2c(C3CC3)n(-c3cnn(CCN)c3)c3c(F)c(Cl)ccc23)c1F.NCCn1cc(-n2c(C3CC3)c(Sc3cccc(C(=O)[O-])c3F)c3ccc(Cl)c(F)c32)cn1.[Na+]. The zero-order valence-corrected chi connectivity index (χ0v) is 90.5. The van der Waals surface area contributed by atoms with Gasteiger partial charge in [0.25, 0.3) is 0 Å². The number of alkyl halides is 1. The number of aromatic nitrogens is 12. The Morgan fingerprint density at radius 1 is 0.435 bits per heavy atom. The van der Waals surface area contributed by atoms with Crippen molar-refractivity contribution in [3.8, 4) is 22.7 Å². The first-order valence-electron chi connectivity index (χ1n) is 46.9. The molecule has 0 spiro atoms. The number of aromatic carboxylic acids is 1. The van der Waals surface area contributed by atoms with Crippen LogP contribution in [-0.4, -0.2) is 138 Å². The topological polar surface area (TPSA) is 311 Å². The molecule has 1 amide bonds. The van der Waals surface area contributed by atoms with Gasteiger partial charge in [-0.3, -0.25) is 19.1 Å². The number of alkyl carbamates (subject to hydrolysis) is 1. The molecule has 0 saturated heterocycles. The summed E-state index contributed by atoms with van der Waals surface area (Å²) in [5.74, 6) is -8.06. The van der Waals surface area contributed by atoms with Gasteiger partial charge < -0.3 is 63.9 Å². The standard InChI is InChI=1S/C26H24ClF2N3O2S.C25H23ClF2N4O2S.C23H19ClF2N4O2S.C23H18ClF2N3O2S.C7H14BrNO2.Na/c1-3-12-31-14-16(13-30-31)32-23(15-8-9-15)25(18-10-11-19(27)22(29)24(18)32)35-20-7-5-6-17(21(20)28)26(33)34-4-2;1-2-34-25(33)16-4-3-5-19(20(16)27)35-24-17-8-9-18(26)21(28)23(17)32(22(24)14-6-7-14)15-12-30-31(13-15)11-10-29;24-16-7-6-15-21(19(16)26)30(13-10-28-29(11-13)9-8-27)20(12-4-5-12)22(15)33-17-3-1-2-14(18(17)25)23(31)32;1-2-31-23(30)14-4-3-5-17(18(14)25)32-22-15-8-9-16(24)19(26)21(15)29(13-10-27-28-11-13)20(22)12-6-7-12;1-7(2,3)11-6(10)9-5-4-8;/h5-7,10-11,13-15H,3-4,8-9,12H2,1-2H3;3-5,8-9,12-14H,2,6-7,10-11,29H2,1H3;1-3,6-7,10-12H,4-5,8-9,27H2,(H,31,32);3-5,8-12H,2,6-7H2,1H3,(H,27,28);4-5H2,1-3H3,(H,9,10);/q;;;;;+1/p-1. The number of nitrogens with zero attached hydrogens (tertiary/aromatic N) is 11. The maximum Gasteiger partial charge on any atom is 1.00 e. The molecular weight excluding hydrogens is 2140 g/mol.